The van der Waals surface area contributed by atoms with Gasteiger partial charge in [-0.1, -0.05) is 12.1 Å². The van der Waals surface area contributed by atoms with Crippen LogP contribution in [0.4, 0.5) is 5.69 Å². The van der Waals surface area contributed by atoms with E-state index in [1.807, 2.05) is 29.0 Å². The van der Waals surface area contributed by atoms with E-state index in [0.717, 1.165) is 16.5 Å². The predicted octanol–water partition coefficient (Wildman–Crippen LogP) is 4.25. The van der Waals surface area contributed by atoms with Gasteiger partial charge in [0.15, 0.2) is 0 Å². The minimum Gasteiger partial charge on any atom is -0.508 e. The van der Waals surface area contributed by atoms with E-state index in [2.05, 4.69) is 15.3 Å². The molecular weight excluding hydrogens is 322 g/mol. The highest BCUT2D eigenvalue weighted by atomic mass is 32.1. The Labute approximate surface area is 141 Å². The highest BCUT2D eigenvalue weighted by Gasteiger charge is 2.11. The molecule has 1 aromatic carbocycles. The molecule has 5 nitrogen and oxygen atoms in total. The Bertz CT molecular complexity index is 1000. The number of phenolic OH excluding ortho intramolecular Hbond substituents is 1. The summed E-state index contributed by atoms with van der Waals surface area (Å²) >= 11 is 1.48. The number of aromatic amines is 1. The second-order valence-electron chi connectivity index (χ2n) is 5.34. The number of anilines is 1. The molecule has 3 aromatic heterocycles. The number of hydrogen-bond donors (Lipinski definition) is 3. The third-order valence-electron chi connectivity index (χ3n) is 3.76. The summed E-state index contributed by atoms with van der Waals surface area (Å²) in [4.78, 5) is 19.7. The van der Waals surface area contributed by atoms with Crippen molar-refractivity contribution in [2.45, 2.75) is 0 Å². The Morgan fingerprint density at radius 1 is 1.17 bits per heavy atom. The molecule has 0 bridgehead atoms. The fraction of sp³-hybridized carbons (Fsp3) is 0. The van der Waals surface area contributed by atoms with Crippen molar-refractivity contribution in [2.75, 3.05) is 5.32 Å². The van der Waals surface area contributed by atoms with E-state index < -0.39 is 0 Å². The summed E-state index contributed by atoms with van der Waals surface area (Å²) in [5.41, 5.74) is 3.89. The van der Waals surface area contributed by atoms with Gasteiger partial charge in [0.1, 0.15) is 11.4 Å². The number of phenols is 1. The van der Waals surface area contributed by atoms with Gasteiger partial charge < -0.3 is 15.4 Å². The minimum atomic E-state index is -0.146. The van der Waals surface area contributed by atoms with Gasteiger partial charge in [-0.3, -0.25) is 4.79 Å². The Hall–Kier alpha value is -3.12. The molecule has 3 N–H and O–H groups in total. The van der Waals surface area contributed by atoms with Crippen LogP contribution in [0.3, 0.4) is 0 Å². The third kappa shape index (κ3) is 2.63. The molecule has 0 saturated carbocycles. The van der Waals surface area contributed by atoms with Crippen LogP contribution < -0.4 is 5.32 Å². The van der Waals surface area contributed by atoms with E-state index in [-0.39, 0.29) is 11.7 Å². The molecule has 0 aliphatic heterocycles. The van der Waals surface area contributed by atoms with Crippen LogP contribution in [-0.2, 0) is 0 Å². The third-order valence-corrected chi connectivity index (χ3v) is 4.45. The zero-order valence-corrected chi connectivity index (χ0v) is 13.3. The summed E-state index contributed by atoms with van der Waals surface area (Å²) in [5, 5.41) is 16.8. The fourth-order valence-corrected chi connectivity index (χ4v) is 3.14. The lowest BCUT2D eigenvalue weighted by molar-refractivity contribution is 0.102. The van der Waals surface area contributed by atoms with E-state index in [9.17, 15) is 9.90 Å². The molecule has 0 aliphatic rings. The number of H-pyrrole nitrogens is 1. The van der Waals surface area contributed by atoms with E-state index in [4.69, 9.17) is 0 Å². The van der Waals surface area contributed by atoms with Gasteiger partial charge in [0.05, 0.1) is 11.3 Å². The zero-order chi connectivity index (χ0) is 16.5. The Morgan fingerprint density at radius 2 is 2.00 bits per heavy atom. The van der Waals surface area contributed by atoms with Gasteiger partial charge >= 0.3 is 0 Å². The molecule has 1 amide bonds. The van der Waals surface area contributed by atoms with Crippen molar-refractivity contribution in [1.29, 1.82) is 0 Å². The van der Waals surface area contributed by atoms with Crippen LogP contribution in [0.25, 0.3) is 22.2 Å². The largest absolute Gasteiger partial charge is 0.508 e. The lowest BCUT2D eigenvalue weighted by Gasteiger charge is -2.04. The summed E-state index contributed by atoms with van der Waals surface area (Å²) < 4.78 is 0. The molecule has 0 spiro atoms. The smallest absolute Gasteiger partial charge is 0.256 e. The normalized spacial score (nSPS) is 10.8. The lowest BCUT2D eigenvalue weighted by Crippen LogP contribution is -2.10. The van der Waals surface area contributed by atoms with Crippen molar-refractivity contribution in [3.63, 3.8) is 0 Å². The topological polar surface area (TPSA) is 78.0 Å². The molecule has 0 unspecified atom stereocenters. The SMILES string of the molecule is O=C(Nc1c[nH]c2ncc(-c3ccc(O)cc3)cc12)c1ccsc1. The molecule has 118 valence electrons. The number of amides is 1. The molecule has 4 aromatic rings. The summed E-state index contributed by atoms with van der Waals surface area (Å²) in [6, 6.07) is 10.7. The van der Waals surface area contributed by atoms with Gasteiger partial charge in [-0.05, 0) is 35.2 Å². The van der Waals surface area contributed by atoms with Crippen LogP contribution in [0.1, 0.15) is 10.4 Å². The number of nitrogens with one attached hydrogen (secondary N) is 2. The zero-order valence-electron chi connectivity index (χ0n) is 12.5. The first kappa shape index (κ1) is 14.5. The maximum atomic E-state index is 12.2. The van der Waals surface area contributed by atoms with Crippen molar-refractivity contribution in [3.8, 4) is 16.9 Å². The molecule has 0 saturated heterocycles. The predicted molar refractivity (Wildman–Crippen MR) is 95.5 cm³/mol. The quantitative estimate of drug-likeness (QED) is 0.524. The number of benzene rings is 1. The van der Waals surface area contributed by atoms with E-state index in [1.165, 1.54) is 11.3 Å². The number of carbonyl (C=O) groups is 1. The van der Waals surface area contributed by atoms with Crippen molar-refractivity contribution in [1.82, 2.24) is 9.97 Å². The lowest BCUT2D eigenvalue weighted by atomic mass is 10.1. The van der Waals surface area contributed by atoms with Crippen LogP contribution >= 0.6 is 11.3 Å². The average molecular weight is 335 g/mol. The summed E-state index contributed by atoms with van der Waals surface area (Å²) in [5.74, 6) is 0.0744. The highest BCUT2D eigenvalue weighted by molar-refractivity contribution is 7.08. The molecule has 0 aliphatic carbocycles. The van der Waals surface area contributed by atoms with Crippen LogP contribution in [0.5, 0.6) is 5.75 Å². The molecule has 3 heterocycles. The van der Waals surface area contributed by atoms with E-state index >= 15 is 0 Å². The molecule has 6 heteroatoms. The van der Waals surface area contributed by atoms with Gasteiger partial charge in [-0.2, -0.15) is 11.3 Å². The molecule has 0 atom stereocenters. The van der Waals surface area contributed by atoms with Gasteiger partial charge in [-0.25, -0.2) is 4.98 Å². The number of aromatic hydroxyl groups is 1. The molecule has 0 fully saturated rings. The highest BCUT2D eigenvalue weighted by Crippen LogP contribution is 2.28. The second-order valence-corrected chi connectivity index (χ2v) is 6.12. The fourth-order valence-electron chi connectivity index (χ4n) is 2.51. The first-order valence-electron chi connectivity index (χ1n) is 7.31. The number of thiophene rings is 1. The first-order chi connectivity index (χ1) is 11.7. The Balaban J connectivity index is 1.71. The molecular formula is C18H13N3O2S. The number of carbonyl (C=O) groups excluding carboxylic acids is 1. The van der Waals surface area contributed by atoms with E-state index in [1.54, 1.807) is 30.6 Å². The number of fused-ring (bicyclic) bond motifs is 1. The van der Waals surface area contributed by atoms with E-state index in [0.29, 0.717) is 16.9 Å². The van der Waals surface area contributed by atoms with Crippen LogP contribution in [0.15, 0.2) is 59.6 Å². The maximum absolute atomic E-state index is 12.2. The number of aromatic nitrogens is 2. The van der Waals surface area contributed by atoms with Gasteiger partial charge in [0.2, 0.25) is 0 Å². The number of pyridine rings is 1. The van der Waals surface area contributed by atoms with Crippen molar-refractivity contribution >= 4 is 34.0 Å². The minimum absolute atomic E-state index is 0.146. The first-order valence-corrected chi connectivity index (χ1v) is 8.25. The van der Waals surface area contributed by atoms with Crippen molar-refractivity contribution in [3.05, 3.63) is 65.1 Å². The molecule has 0 radical (unpaired) electrons. The summed E-state index contributed by atoms with van der Waals surface area (Å²) in [6.45, 7) is 0. The Kier molecular flexibility index (Phi) is 3.51. The Morgan fingerprint density at radius 3 is 2.75 bits per heavy atom. The van der Waals surface area contributed by atoms with Gasteiger partial charge in [-0.15, -0.1) is 0 Å². The monoisotopic (exact) mass is 335 g/mol. The van der Waals surface area contributed by atoms with Crippen LogP contribution in [-0.4, -0.2) is 21.0 Å². The van der Waals surface area contributed by atoms with Crippen molar-refractivity contribution < 1.29 is 9.90 Å². The van der Waals surface area contributed by atoms with Crippen LogP contribution in [0, 0.1) is 0 Å². The van der Waals surface area contributed by atoms with Crippen LogP contribution in [0.2, 0.25) is 0 Å². The maximum Gasteiger partial charge on any atom is 0.256 e. The second kappa shape index (κ2) is 5.82. The van der Waals surface area contributed by atoms with Crippen molar-refractivity contribution in [2.24, 2.45) is 0 Å². The molecule has 4 rings (SSSR count). The standard InChI is InChI=1S/C18H13N3O2S/c22-14-3-1-11(2-4-14)13-7-15-16(9-20-17(15)19-8-13)21-18(23)12-5-6-24-10-12/h1-10,22H,(H,19,20)(H,21,23). The summed E-state index contributed by atoms with van der Waals surface area (Å²) in [6.07, 6.45) is 3.50. The average Bonchev–Trinajstić information content (AvgIpc) is 3.25. The number of hydrogen-bond acceptors (Lipinski definition) is 4. The molecule has 24 heavy (non-hydrogen) atoms. The number of rotatable bonds is 3. The number of nitrogens with zero attached hydrogens (tertiary/aromatic N) is 1. The van der Waals surface area contributed by atoms with Gasteiger partial charge in [0, 0.05) is 28.7 Å². The van der Waals surface area contributed by atoms with Gasteiger partial charge in [0.25, 0.3) is 5.91 Å². The summed E-state index contributed by atoms with van der Waals surface area (Å²) in [7, 11) is 0.